The van der Waals surface area contributed by atoms with E-state index in [4.69, 9.17) is 4.74 Å². The minimum Gasteiger partial charge on any atom is -0.360 e. The van der Waals surface area contributed by atoms with Crippen LogP contribution in [0.1, 0.15) is 46.5 Å². The normalized spacial score (nSPS) is 50.2. The Bertz CT molecular complexity index is 544. The van der Waals surface area contributed by atoms with Gasteiger partial charge in [-0.15, -0.1) is 0 Å². The molecule has 0 aromatic heterocycles. The summed E-state index contributed by atoms with van der Waals surface area (Å²) in [6, 6.07) is 0. The number of hydrogen-bond donors (Lipinski definition) is 0. The third-order valence-electron chi connectivity index (χ3n) is 6.10. The van der Waals surface area contributed by atoms with Crippen molar-refractivity contribution in [1.82, 2.24) is 0 Å². The van der Waals surface area contributed by atoms with Crippen molar-refractivity contribution in [2.24, 2.45) is 17.3 Å². The van der Waals surface area contributed by atoms with E-state index in [1.807, 2.05) is 0 Å². The maximum absolute atomic E-state index is 12.7. The summed E-state index contributed by atoms with van der Waals surface area (Å²) in [5.74, 6) is 0.659. The van der Waals surface area contributed by atoms with Crippen LogP contribution in [-0.2, 0) is 14.3 Å². The molecule has 102 valence electrons. The molecular weight excluding hydrogens is 240 g/mol. The summed E-state index contributed by atoms with van der Waals surface area (Å²) in [7, 11) is 0. The zero-order valence-corrected chi connectivity index (χ0v) is 11.8. The van der Waals surface area contributed by atoms with Gasteiger partial charge < -0.3 is 4.74 Å². The quantitative estimate of drug-likeness (QED) is 0.672. The maximum atomic E-state index is 12.7. The highest BCUT2D eigenvalue weighted by atomic mass is 16.5. The molecule has 1 saturated carbocycles. The first-order valence-corrected chi connectivity index (χ1v) is 7.28. The summed E-state index contributed by atoms with van der Waals surface area (Å²) in [5, 5.41) is 0. The molecule has 2 heterocycles. The molecule has 19 heavy (non-hydrogen) atoms. The van der Waals surface area contributed by atoms with E-state index in [1.165, 1.54) is 5.57 Å². The van der Waals surface area contributed by atoms with Crippen LogP contribution in [0.15, 0.2) is 11.6 Å². The van der Waals surface area contributed by atoms with Crippen molar-refractivity contribution in [3.63, 3.8) is 0 Å². The van der Waals surface area contributed by atoms with Crippen LogP contribution in [0.2, 0.25) is 0 Å². The Morgan fingerprint density at radius 3 is 2.74 bits per heavy atom. The van der Waals surface area contributed by atoms with Gasteiger partial charge in [-0.2, -0.15) is 0 Å². The number of Topliss-reactive ketones (excluding diaryl/α,β-unsaturated/α-hetero) is 1. The van der Waals surface area contributed by atoms with Crippen molar-refractivity contribution in [2.45, 2.75) is 57.7 Å². The van der Waals surface area contributed by atoms with Crippen molar-refractivity contribution in [3.8, 4) is 0 Å². The molecule has 2 saturated heterocycles. The third kappa shape index (κ3) is 1.14. The van der Waals surface area contributed by atoms with Gasteiger partial charge in [-0.1, -0.05) is 19.4 Å². The predicted octanol–water partition coefficient (Wildman–Crippen LogP) is 2.44. The van der Waals surface area contributed by atoms with E-state index in [2.05, 4.69) is 20.8 Å². The molecule has 4 rings (SSSR count). The summed E-state index contributed by atoms with van der Waals surface area (Å²) in [5.41, 5.74) is 0.110. The molecule has 4 atom stereocenters. The fraction of sp³-hybridized carbons (Fsp3) is 0.750. The highest BCUT2D eigenvalue weighted by molar-refractivity contribution is 5.99. The SMILES string of the molecule is CC1(C)C2=CC(=O)C[C@@H]2C23O[C@](C)(CC[C@H]12)CC3=O. The molecule has 0 amide bonds. The minimum absolute atomic E-state index is 0.00891. The van der Waals surface area contributed by atoms with Crippen LogP contribution in [0, 0.1) is 17.3 Å². The molecular formula is C16H20O3. The highest BCUT2D eigenvalue weighted by Crippen LogP contribution is 2.68. The van der Waals surface area contributed by atoms with Crippen LogP contribution in [0.3, 0.4) is 0 Å². The van der Waals surface area contributed by atoms with Gasteiger partial charge in [0, 0.05) is 24.7 Å². The second kappa shape index (κ2) is 3.03. The summed E-state index contributed by atoms with van der Waals surface area (Å²) in [4.78, 5) is 24.6. The first-order chi connectivity index (χ1) is 8.80. The van der Waals surface area contributed by atoms with E-state index in [-0.39, 0.29) is 34.4 Å². The molecule has 2 bridgehead atoms. The molecule has 0 aromatic rings. The maximum Gasteiger partial charge on any atom is 0.168 e. The summed E-state index contributed by atoms with van der Waals surface area (Å²) in [6.07, 6.45) is 4.79. The molecule has 0 aromatic carbocycles. The third-order valence-corrected chi connectivity index (χ3v) is 6.10. The molecule has 3 heteroatoms. The Morgan fingerprint density at radius 1 is 1.26 bits per heavy atom. The largest absolute Gasteiger partial charge is 0.360 e. The Morgan fingerprint density at radius 2 is 2.00 bits per heavy atom. The lowest BCUT2D eigenvalue weighted by Crippen LogP contribution is -2.51. The van der Waals surface area contributed by atoms with Crippen molar-refractivity contribution in [3.05, 3.63) is 11.6 Å². The first kappa shape index (κ1) is 11.8. The molecule has 0 N–H and O–H groups in total. The van der Waals surface area contributed by atoms with E-state index >= 15 is 0 Å². The smallest absolute Gasteiger partial charge is 0.168 e. The van der Waals surface area contributed by atoms with Gasteiger partial charge in [-0.3, -0.25) is 9.59 Å². The van der Waals surface area contributed by atoms with Gasteiger partial charge in [0.15, 0.2) is 11.6 Å². The van der Waals surface area contributed by atoms with Crippen LogP contribution in [-0.4, -0.2) is 22.8 Å². The molecule has 1 unspecified atom stereocenters. The van der Waals surface area contributed by atoms with Crippen molar-refractivity contribution in [1.29, 1.82) is 0 Å². The minimum atomic E-state index is -0.686. The second-order valence-electron chi connectivity index (χ2n) is 7.58. The van der Waals surface area contributed by atoms with Gasteiger partial charge in [0.1, 0.15) is 5.60 Å². The van der Waals surface area contributed by atoms with Crippen molar-refractivity contribution >= 4 is 11.6 Å². The van der Waals surface area contributed by atoms with Crippen molar-refractivity contribution in [2.75, 3.05) is 0 Å². The number of rotatable bonds is 0. The number of carbonyl (C=O) groups excluding carboxylic acids is 2. The first-order valence-electron chi connectivity index (χ1n) is 7.28. The Kier molecular flexibility index (Phi) is 1.89. The van der Waals surface area contributed by atoms with Gasteiger partial charge in [0.2, 0.25) is 0 Å². The number of fused-ring (bicyclic) bond motifs is 2. The van der Waals surface area contributed by atoms with Crippen LogP contribution >= 0.6 is 0 Å². The number of allylic oxidation sites excluding steroid dienone is 1. The van der Waals surface area contributed by atoms with Gasteiger partial charge in [0.25, 0.3) is 0 Å². The molecule has 3 fully saturated rings. The second-order valence-corrected chi connectivity index (χ2v) is 7.58. The lowest BCUT2D eigenvalue weighted by Gasteiger charge is -2.44. The van der Waals surface area contributed by atoms with Gasteiger partial charge in [-0.05, 0) is 31.3 Å². The zero-order valence-electron chi connectivity index (χ0n) is 11.8. The Labute approximate surface area is 113 Å². The number of carbonyl (C=O) groups is 2. The van der Waals surface area contributed by atoms with Crippen molar-refractivity contribution < 1.29 is 14.3 Å². The van der Waals surface area contributed by atoms with Crippen LogP contribution in [0.4, 0.5) is 0 Å². The molecule has 0 radical (unpaired) electrons. The Hall–Kier alpha value is -0.960. The van der Waals surface area contributed by atoms with Crippen LogP contribution in [0.25, 0.3) is 0 Å². The lowest BCUT2D eigenvalue weighted by atomic mass is 9.70. The molecule has 2 aliphatic heterocycles. The topological polar surface area (TPSA) is 43.4 Å². The average molecular weight is 260 g/mol. The monoisotopic (exact) mass is 260 g/mol. The Balaban J connectivity index is 1.94. The van der Waals surface area contributed by atoms with E-state index < -0.39 is 5.60 Å². The molecule has 3 nitrogen and oxygen atoms in total. The molecule has 1 spiro atoms. The van der Waals surface area contributed by atoms with Crippen LogP contribution < -0.4 is 0 Å². The molecule has 2 aliphatic carbocycles. The number of hydrogen-bond acceptors (Lipinski definition) is 3. The molecule has 4 aliphatic rings. The fourth-order valence-electron chi connectivity index (χ4n) is 5.32. The van der Waals surface area contributed by atoms with E-state index in [1.54, 1.807) is 6.08 Å². The summed E-state index contributed by atoms with van der Waals surface area (Å²) < 4.78 is 6.36. The van der Waals surface area contributed by atoms with Crippen LogP contribution in [0.5, 0.6) is 0 Å². The average Bonchev–Trinajstić information content (AvgIpc) is 2.82. The lowest BCUT2D eigenvalue weighted by molar-refractivity contribution is -0.183. The van der Waals surface area contributed by atoms with Gasteiger partial charge in [-0.25, -0.2) is 0 Å². The highest BCUT2D eigenvalue weighted by Gasteiger charge is 2.73. The predicted molar refractivity (Wildman–Crippen MR) is 69.5 cm³/mol. The zero-order chi connectivity index (χ0) is 13.6. The van der Waals surface area contributed by atoms with E-state index in [0.717, 1.165) is 12.8 Å². The summed E-state index contributed by atoms with van der Waals surface area (Å²) >= 11 is 0. The van der Waals surface area contributed by atoms with Gasteiger partial charge in [0.05, 0.1) is 5.60 Å². The van der Waals surface area contributed by atoms with E-state index in [0.29, 0.717) is 12.8 Å². The fourth-order valence-corrected chi connectivity index (χ4v) is 5.32. The van der Waals surface area contributed by atoms with E-state index in [9.17, 15) is 9.59 Å². The number of ketones is 2. The number of ether oxygens (including phenoxy) is 1. The standard InChI is InChI=1S/C16H20O3/c1-14(2)10-6-9(17)7-11(10)16-12(14)4-5-15(3,19-16)8-13(16)18/h6,11-12H,4-5,7-8H2,1-3H3/t11-,12+,15+,16?/m0/s1. The van der Waals surface area contributed by atoms with Gasteiger partial charge >= 0.3 is 0 Å². The summed E-state index contributed by atoms with van der Waals surface area (Å²) in [6.45, 7) is 6.42.